The summed E-state index contributed by atoms with van der Waals surface area (Å²) in [5.74, 6) is -0.482. The molecule has 7 nitrogen and oxygen atoms in total. The number of hydrogen-bond acceptors (Lipinski definition) is 5. The van der Waals surface area contributed by atoms with Gasteiger partial charge in [-0.25, -0.2) is 4.79 Å². The molecular weight excluding hydrogens is 322 g/mol. The van der Waals surface area contributed by atoms with E-state index >= 15 is 0 Å². The maximum absolute atomic E-state index is 12.3. The van der Waals surface area contributed by atoms with Crippen LogP contribution < -0.4 is 5.73 Å². The predicted octanol–water partition coefficient (Wildman–Crippen LogP) is 1.13. The summed E-state index contributed by atoms with van der Waals surface area (Å²) < 4.78 is 5.37. The number of carbonyl (C=O) groups excluding carboxylic acids is 2. The number of carbonyl (C=O) groups is 2. The van der Waals surface area contributed by atoms with E-state index in [9.17, 15) is 14.7 Å². The summed E-state index contributed by atoms with van der Waals surface area (Å²) in [7, 11) is 0. The first-order valence-electron chi connectivity index (χ1n) is 8.41. The molecule has 0 spiro atoms. The third-order valence-electron chi connectivity index (χ3n) is 3.94. The minimum atomic E-state index is -0.791. The molecule has 1 aliphatic rings. The van der Waals surface area contributed by atoms with E-state index in [1.54, 1.807) is 20.8 Å². The molecule has 0 saturated carbocycles. The molecule has 1 aliphatic heterocycles. The number of hydrogen-bond donors (Lipinski definition) is 2. The van der Waals surface area contributed by atoms with Crippen LogP contribution in [0.5, 0.6) is 0 Å². The summed E-state index contributed by atoms with van der Waals surface area (Å²) in [6.45, 7) is 6.56. The normalized spacial score (nSPS) is 20.6. The Bertz CT molecular complexity index is 600. The maximum atomic E-state index is 12.3. The Morgan fingerprint density at radius 2 is 1.84 bits per heavy atom. The summed E-state index contributed by atoms with van der Waals surface area (Å²) in [6.07, 6.45) is -1.26. The Balaban J connectivity index is 2.14. The number of amides is 2. The van der Waals surface area contributed by atoms with Gasteiger partial charge in [0.2, 0.25) is 5.91 Å². The molecule has 2 rings (SSSR count). The van der Waals surface area contributed by atoms with Gasteiger partial charge in [0.1, 0.15) is 11.6 Å². The van der Waals surface area contributed by atoms with Gasteiger partial charge in [0, 0.05) is 19.6 Å². The molecular formula is C18H27N3O4. The fourth-order valence-corrected chi connectivity index (χ4v) is 2.93. The minimum Gasteiger partial charge on any atom is -0.444 e. The summed E-state index contributed by atoms with van der Waals surface area (Å²) in [6, 6.07) is 8.56. The molecule has 2 unspecified atom stereocenters. The molecule has 1 saturated heterocycles. The molecule has 2 amide bonds. The van der Waals surface area contributed by atoms with E-state index < -0.39 is 29.7 Å². The van der Waals surface area contributed by atoms with Crippen LogP contribution in [0.2, 0.25) is 0 Å². The Labute approximate surface area is 148 Å². The Hall–Kier alpha value is -2.12. The van der Waals surface area contributed by atoms with E-state index in [1.165, 1.54) is 4.90 Å². The number of rotatable bonds is 3. The zero-order valence-electron chi connectivity index (χ0n) is 15.0. The Morgan fingerprint density at radius 3 is 2.40 bits per heavy atom. The number of aliphatic hydroxyl groups is 1. The molecule has 1 aromatic rings. The van der Waals surface area contributed by atoms with Crippen LogP contribution in [0.1, 0.15) is 32.4 Å². The van der Waals surface area contributed by atoms with E-state index in [0.717, 1.165) is 5.56 Å². The fourth-order valence-electron chi connectivity index (χ4n) is 2.93. The molecule has 1 heterocycles. The summed E-state index contributed by atoms with van der Waals surface area (Å²) in [4.78, 5) is 27.6. The predicted molar refractivity (Wildman–Crippen MR) is 93.8 cm³/mol. The lowest BCUT2D eigenvalue weighted by atomic mass is 10.0. The smallest absolute Gasteiger partial charge is 0.410 e. The third-order valence-corrected chi connectivity index (χ3v) is 3.94. The molecule has 7 heteroatoms. The molecule has 0 radical (unpaired) electrons. The van der Waals surface area contributed by atoms with Gasteiger partial charge in [-0.3, -0.25) is 9.69 Å². The molecule has 0 aromatic heterocycles. The van der Waals surface area contributed by atoms with Gasteiger partial charge in [0.15, 0.2) is 0 Å². The monoisotopic (exact) mass is 349 g/mol. The van der Waals surface area contributed by atoms with E-state index in [2.05, 4.69) is 0 Å². The lowest BCUT2D eigenvalue weighted by molar-refractivity contribution is -0.123. The average Bonchev–Trinajstić information content (AvgIpc) is 2.68. The standard InChI is InChI=1S/C18H27N3O4/c1-18(2,3)25-17(24)21-10-9-20(11-14(22)12-21)15(16(19)23)13-7-5-4-6-8-13/h4-8,14-15,22H,9-12H2,1-3H3,(H2,19,23). The number of nitrogens with zero attached hydrogens (tertiary/aromatic N) is 2. The lowest BCUT2D eigenvalue weighted by Gasteiger charge is -2.29. The molecule has 3 N–H and O–H groups in total. The second kappa shape index (κ2) is 7.84. The van der Waals surface area contributed by atoms with Crippen molar-refractivity contribution in [3.63, 3.8) is 0 Å². The van der Waals surface area contributed by atoms with E-state index in [1.807, 2.05) is 35.2 Å². The van der Waals surface area contributed by atoms with Gasteiger partial charge in [-0.2, -0.15) is 0 Å². The zero-order valence-corrected chi connectivity index (χ0v) is 15.0. The van der Waals surface area contributed by atoms with Crippen LogP contribution in [0, 0.1) is 0 Å². The van der Waals surface area contributed by atoms with E-state index in [-0.39, 0.29) is 13.1 Å². The van der Waals surface area contributed by atoms with Crippen molar-refractivity contribution in [2.24, 2.45) is 5.73 Å². The van der Waals surface area contributed by atoms with Gasteiger partial charge >= 0.3 is 6.09 Å². The summed E-state index contributed by atoms with van der Waals surface area (Å²) in [5, 5.41) is 10.3. The molecule has 0 bridgehead atoms. The van der Waals surface area contributed by atoms with Crippen molar-refractivity contribution >= 4 is 12.0 Å². The number of ether oxygens (including phenoxy) is 1. The maximum Gasteiger partial charge on any atom is 0.410 e. The van der Waals surface area contributed by atoms with Crippen LogP contribution in [0.25, 0.3) is 0 Å². The number of primary amides is 1. The van der Waals surface area contributed by atoms with Crippen molar-refractivity contribution in [1.29, 1.82) is 0 Å². The van der Waals surface area contributed by atoms with Crippen LogP contribution in [-0.2, 0) is 9.53 Å². The quantitative estimate of drug-likeness (QED) is 0.853. The van der Waals surface area contributed by atoms with E-state index in [0.29, 0.717) is 13.1 Å². The summed E-state index contributed by atoms with van der Waals surface area (Å²) >= 11 is 0. The largest absolute Gasteiger partial charge is 0.444 e. The van der Waals surface area contributed by atoms with Gasteiger partial charge in [-0.15, -0.1) is 0 Å². The average molecular weight is 349 g/mol. The highest BCUT2D eigenvalue weighted by molar-refractivity contribution is 5.81. The highest BCUT2D eigenvalue weighted by atomic mass is 16.6. The van der Waals surface area contributed by atoms with Gasteiger partial charge in [-0.05, 0) is 26.3 Å². The fraction of sp³-hybridized carbons (Fsp3) is 0.556. The number of nitrogens with two attached hydrogens (primary N) is 1. The van der Waals surface area contributed by atoms with Crippen LogP contribution in [0.3, 0.4) is 0 Å². The van der Waals surface area contributed by atoms with Crippen molar-refractivity contribution in [3.05, 3.63) is 35.9 Å². The first kappa shape index (κ1) is 19.2. The highest BCUT2D eigenvalue weighted by Gasteiger charge is 2.33. The van der Waals surface area contributed by atoms with Gasteiger partial charge in [0.05, 0.1) is 12.6 Å². The third kappa shape index (κ3) is 5.44. The highest BCUT2D eigenvalue weighted by Crippen LogP contribution is 2.22. The number of aliphatic hydroxyl groups excluding tert-OH is 1. The zero-order chi connectivity index (χ0) is 18.6. The lowest BCUT2D eigenvalue weighted by Crippen LogP contribution is -2.42. The molecule has 25 heavy (non-hydrogen) atoms. The van der Waals surface area contributed by atoms with Crippen molar-refractivity contribution in [3.8, 4) is 0 Å². The molecule has 0 aliphatic carbocycles. The summed E-state index contributed by atoms with van der Waals surface area (Å²) in [5.41, 5.74) is 5.77. The van der Waals surface area contributed by atoms with E-state index in [4.69, 9.17) is 10.5 Å². The van der Waals surface area contributed by atoms with Gasteiger partial charge in [-0.1, -0.05) is 30.3 Å². The molecule has 138 valence electrons. The SMILES string of the molecule is CC(C)(C)OC(=O)N1CCN(C(C(N)=O)c2ccccc2)CC(O)C1. The first-order chi connectivity index (χ1) is 11.7. The Kier molecular flexibility index (Phi) is 6.02. The van der Waals surface area contributed by atoms with Crippen molar-refractivity contribution in [1.82, 2.24) is 9.80 Å². The van der Waals surface area contributed by atoms with Crippen molar-refractivity contribution in [2.45, 2.75) is 38.5 Å². The Morgan fingerprint density at radius 1 is 1.20 bits per heavy atom. The number of β-amino-alcohol motifs (C(OH)–C–C–N with tert-alkyl or cyclic N) is 1. The molecule has 1 aromatic carbocycles. The first-order valence-corrected chi connectivity index (χ1v) is 8.41. The van der Waals surface area contributed by atoms with Crippen LogP contribution >= 0.6 is 0 Å². The molecule has 2 atom stereocenters. The second-order valence-corrected chi connectivity index (χ2v) is 7.29. The minimum absolute atomic E-state index is 0.158. The second-order valence-electron chi connectivity index (χ2n) is 7.29. The van der Waals surface area contributed by atoms with Crippen LogP contribution in [0.15, 0.2) is 30.3 Å². The van der Waals surface area contributed by atoms with Gasteiger partial charge in [0.25, 0.3) is 0 Å². The van der Waals surface area contributed by atoms with Crippen molar-refractivity contribution < 1.29 is 19.4 Å². The van der Waals surface area contributed by atoms with Gasteiger partial charge < -0.3 is 20.5 Å². The topological polar surface area (TPSA) is 96.1 Å². The van der Waals surface area contributed by atoms with Crippen LogP contribution in [0.4, 0.5) is 4.79 Å². The van der Waals surface area contributed by atoms with Crippen LogP contribution in [-0.4, -0.2) is 64.8 Å². The molecule has 1 fully saturated rings. The van der Waals surface area contributed by atoms with Crippen molar-refractivity contribution in [2.75, 3.05) is 26.2 Å². The number of benzene rings is 1.